The van der Waals surface area contributed by atoms with Crippen LogP contribution in [0.5, 0.6) is 0 Å². The number of nitrogens with zero attached hydrogens (tertiary/aromatic N) is 1. The Morgan fingerprint density at radius 1 is 1.57 bits per heavy atom. The van der Waals surface area contributed by atoms with Crippen LogP contribution in [0.1, 0.15) is 35.8 Å². The summed E-state index contributed by atoms with van der Waals surface area (Å²) in [7, 11) is 0. The average molecular weight is 193 g/mol. The van der Waals surface area contributed by atoms with Gasteiger partial charge in [0.25, 0.3) is 0 Å². The van der Waals surface area contributed by atoms with Gasteiger partial charge in [0.2, 0.25) is 0 Å². The minimum absolute atomic E-state index is 0.260. The third kappa shape index (κ3) is 3.17. The van der Waals surface area contributed by atoms with Gasteiger partial charge in [-0.2, -0.15) is 0 Å². The number of hydrogen-bond donors (Lipinski definition) is 0. The maximum Gasteiger partial charge on any atom is 0.338 e. The highest BCUT2D eigenvalue weighted by Gasteiger charge is 2.06. The quantitative estimate of drug-likeness (QED) is 0.544. The number of hydrogen-bond acceptors (Lipinski definition) is 3. The van der Waals surface area contributed by atoms with Crippen molar-refractivity contribution < 1.29 is 9.53 Å². The molecule has 0 saturated heterocycles. The molecule has 0 aliphatic carbocycles. The van der Waals surface area contributed by atoms with E-state index in [4.69, 9.17) is 4.74 Å². The Bertz CT molecular complexity index is 310. The minimum atomic E-state index is -0.260. The van der Waals surface area contributed by atoms with Crippen LogP contribution in [0, 0.1) is 6.92 Å². The first-order valence-electron chi connectivity index (χ1n) is 4.84. The van der Waals surface area contributed by atoms with Crippen molar-refractivity contribution in [1.29, 1.82) is 0 Å². The second-order valence-electron chi connectivity index (χ2n) is 3.18. The summed E-state index contributed by atoms with van der Waals surface area (Å²) in [6.07, 6.45) is 3.56. The standard InChI is InChI=1S/C11H15NO2/c1-3-4-7-14-11(13)10-5-6-12-9(2)8-10/h5-6,8H,3-4,7H2,1-2H3. The van der Waals surface area contributed by atoms with Crippen LogP contribution in [0.15, 0.2) is 18.3 Å². The minimum Gasteiger partial charge on any atom is -0.462 e. The molecule has 0 aromatic carbocycles. The molecule has 0 saturated carbocycles. The fraction of sp³-hybridized carbons (Fsp3) is 0.455. The van der Waals surface area contributed by atoms with Gasteiger partial charge in [-0.3, -0.25) is 4.98 Å². The van der Waals surface area contributed by atoms with Gasteiger partial charge in [0.15, 0.2) is 0 Å². The normalized spacial score (nSPS) is 9.86. The zero-order chi connectivity index (χ0) is 10.4. The van der Waals surface area contributed by atoms with Gasteiger partial charge in [0, 0.05) is 11.9 Å². The van der Waals surface area contributed by atoms with E-state index in [9.17, 15) is 4.79 Å². The molecule has 0 fully saturated rings. The van der Waals surface area contributed by atoms with Gasteiger partial charge in [0.1, 0.15) is 0 Å². The van der Waals surface area contributed by atoms with Crippen LogP contribution in [0.25, 0.3) is 0 Å². The van der Waals surface area contributed by atoms with Crippen molar-refractivity contribution in [2.24, 2.45) is 0 Å². The molecule has 0 N–H and O–H groups in total. The SMILES string of the molecule is CCCCOC(=O)c1ccnc(C)c1. The smallest absolute Gasteiger partial charge is 0.338 e. The number of aryl methyl sites for hydroxylation is 1. The zero-order valence-electron chi connectivity index (χ0n) is 8.62. The van der Waals surface area contributed by atoms with E-state index in [-0.39, 0.29) is 5.97 Å². The first-order chi connectivity index (χ1) is 6.74. The van der Waals surface area contributed by atoms with Gasteiger partial charge in [-0.1, -0.05) is 13.3 Å². The van der Waals surface area contributed by atoms with E-state index in [2.05, 4.69) is 11.9 Å². The summed E-state index contributed by atoms with van der Waals surface area (Å²) < 4.78 is 5.06. The molecule has 1 aromatic heterocycles. The number of carbonyl (C=O) groups is 1. The Morgan fingerprint density at radius 2 is 2.36 bits per heavy atom. The van der Waals surface area contributed by atoms with E-state index in [0.717, 1.165) is 18.5 Å². The summed E-state index contributed by atoms with van der Waals surface area (Å²) in [5.74, 6) is -0.260. The maximum atomic E-state index is 11.4. The van der Waals surface area contributed by atoms with Gasteiger partial charge in [0.05, 0.1) is 12.2 Å². The van der Waals surface area contributed by atoms with Crippen LogP contribution in [0.2, 0.25) is 0 Å². The van der Waals surface area contributed by atoms with Gasteiger partial charge in [-0.25, -0.2) is 4.79 Å². The predicted molar refractivity (Wildman–Crippen MR) is 54.2 cm³/mol. The summed E-state index contributed by atoms with van der Waals surface area (Å²) >= 11 is 0. The summed E-state index contributed by atoms with van der Waals surface area (Å²) in [5, 5.41) is 0. The molecule has 0 amide bonds. The lowest BCUT2D eigenvalue weighted by Crippen LogP contribution is -2.06. The fourth-order valence-corrected chi connectivity index (χ4v) is 1.07. The Balaban J connectivity index is 2.52. The van der Waals surface area contributed by atoms with E-state index in [1.54, 1.807) is 18.3 Å². The van der Waals surface area contributed by atoms with Gasteiger partial charge < -0.3 is 4.74 Å². The van der Waals surface area contributed by atoms with Crippen LogP contribution in [-0.4, -0.2) is 17.6 Å². The van der Waals surface area contributed by atoms with E-state index >= 15 is 0 Å². The monoisotopic (exact) mass is 193 g/mol. The first kappa shape index (κ1) is 10.7. The van der Waals surface area contributed by atoms with Gasteiger partial charge in [-0.05, 0) is 25.5 Å². The van der Waals surface area contributed by atoms with Crippen molar-refractivity contribution >= 4 is 5.97 Å². The van der Waals surface area contributed by atoms with Crippen molar-refractivity contribution in [3.63, 3.8) is 0 Å². The molecule has 1 aromatic rings. The fourth-order valence-electron chi connectivity index (χ4n) is 1.07. The Kier molecular flexibility index (Phi) is 4.11. The lowest BCUT2D eigenvalue weighted by Gasteiger charge is -2.03. The van der Waals surface area contributed by atoms with Crippen LogP contribution in [-0.2, 0) is 4.74 Å². The third-order valence-corrected chi connectivity index (χ3v) is 1.86. The van der Waals surface area contributed by atoms with Crippen LogP contribution >= 0.6 is 0 Å². The maximum absolute atomic E-state index is 11.4. The molecular formula is C11H15NO2. The molecule has 0 atom stereocenters. The molecule has 1 rings (SSSR count). The molecule has 76 valence electrons. The van der Waals surface area contributed by atoms with E-state index in [1.165, 1.54) is 0 Å². The molecule has 0 aliphatic rings. The van der Waals surface area contributed by atoms with Crippen LogP contribution in [0.3, 0.4) is 0 Å². The molecule has 0 unspecified atom stereocenters. The van der Waals surface area contributed by atoms with Gasteiger partial charge in [-0.15, -0.1) is 0 Å². The predicted octanol–water partition coefficient (Wildman–Crippen LogP) is 2.35. The second-order valence-corrected chi connectivity index (χ2v) is 3.18. The number of pyridine rings is 1. The molecule has 3 nitrogen and oxygen atoms in total. The average Bonchev–Trinajstić information content (AvgIpc) is 2.18. The van der Waals surface area contributed by atoms with Crippen LogP contribution in [0.4, 0.5) is 0 Å². The number of unbranched alkanes of at least 4 members (excludes halogenated alkanes) is 1. The molecular weight excluding hydrogens is 178 g/mol. The largest absolute Gasteiger partial charge is 0.462 e. The summed E-state index contributed by atoms with van der Waals surface area (Å²) in [6.45, 7) is 4.41. The molecule has 0 bridgehead atoms. The second kappa shape index (κ2) is 5.37. The van der Waals surface area contributed by atoms with Crippen LogP contribution < -0.4 is 0 Å². The van der Waals surface area contributed by atoms with Crippen molar-refractivity contribution in [1.82, 2.24) is 4.98 Å². The Labute approximate surface area is 84.1 Å². The van der Waals surface area contributed by atoms with Crippen molar-refractivity contribution in [3.05, 3.63) is 29.6 Å². The lowest BCUT2D eigenvalue weighted by atomic mass is 10.2. The number of esters is 1. The number of ether oxygens (including phenoxy) is 1. The number of carbonyl (C=O) groups excluding carboxylic acids is 1. The van der Waals surface area contributed by atoms with Crippen molar-refractivity contribution in [3.8, 4) is 0 Å². The first-order valence-corrected chi connectivity index (χ1v) is 4.84. The topological polar surface area (TPSA) is 39.2 Å². The molecule has 0 aliphatic heterocycles. The molecule has 1 heterocycles. The number of rotatable bonds is 4. The third-order valence-electron chi connectivity index (χ3n) is 1.86. The summed E-state index contributed by atoms with van der Waals surface area (Å²) in [4.78, 5) is 15.4. The highest BCUT2D eigenvalue weighted by atomic mass is 16.5. The van der Waals surface area contributed by atoms with E-state index in [1.807, 2.05) is 6.92 Å². The summed E-state index contributed by atoms with van der Waals surface area (Å²) in [5.41, 5.74) is 1.41. The van der Waals surface area contributed by atoms with E-state index < -0.39 is 0 Å². The highest BCUT2D eigenvalue weighted by Crippen LogP contribution is 2.03. The van der Waals surface area contributed by atoms with Crippen molar-refractivity contribution in [2.75, 3.05) is 6.61 Å². The van der Waals surface area contributed by atoms with Gasteiger partial charge >= 0.3 is 5.97 Å². The van der Waals surface area contributed by atoms with E-state index in [0.29, 0.717) is 12.2 Å². The molecule has 0 spiro atoms. The Morgan fingerprint density at radius 3 is 3.00 bits per heavy atom. The number of aromatic nitrogens is 1. The lowest BCUT2D eigenvalue weighted by molar-refractivity contribution is 0.0499. The molecule has 0 radical (unpaired) electrons. The summed E-state index contributed by atoms with van der Waals surface area (Å²) in [6, 6.07) is 3.40. The zero-order valence-corrected chi connectivity index (χ0v) is 8.62. The highest BCUT2D eigenvalue weighted by molar-refractivity contribution is 5.89. The Hall–Kier alpha value is -1.38. The van der Waals surface area contributed by atoms with Crippen molar-refractivity contribution in [2.45, 2.75) is 26.7 Å². The molecule has 14 heavy (non-hydrogen) atoms. The molecule has 3 heteroatoms.